The Morgan fingerprint density at radius 2 is 1.90 bits per heavy atom. The summed E-state index contributed by atoms with van der Waals surface area (Å²) < 4.78 is 42.2. The van der Waals surface area contributed by atoms with E-state index < -0.39 is 28.7 Å². The largest absolute Gasteiger partial charge is 0.368 e. The summed E-state index contributed by atoms with van der Waals surface area (Å²) in [5.74, 6) is -1.91. The van der Waals surface area contributed by atoms with Gasteiger partial charge in [0, 0.05) is 42.7 Å². The number of pyridine rings is 1. The second kappa shape index (κ2) is 7.58. The van der Waals surface area contributed by atoms with Gasteiger partial charge < -0.3 is 16.0 Å². The molecule has 2 heterocycles. The second-order valence-corrected chi connectivity index (χ2v) is 8.75. The van der Waals surface area contributed by atoms with Crippen LogP contribution in [0.15, 0.2) is 30.6 Å². The molecule has 30 heavy (non-hydrogen) atoms. The van der Waals surface area contributed by atoms with E-state index in [0.29, 0.717) is 43.6 Å². The van der Waals surface area contributed by atoms with E-state index in [0.717, 1.165) is 12.5 Å². The Balaban J connectivity index is 1.74. The van der Waals surface area contributed by atoms with Gasteiger partial charge in [0.15, 0.2) is 0 Å². The maximum absolute atomic E-state index is 14.4. The number of hydrogen-bond donors (Lipinski definition) is 2. The molecule has 0 unspecified atom stereocenters. The van der Waals surface area contributed by atoms with Crippen molar-refractivity contribution in [3.8, 4) is 11.1 Å². The molecule has 2 aromatic rings. The Bertz CT molecular complexity index is 955. The maximum atomic E-state index is 14.4. The molecule has 3 N–H and O–H groups in total. The number of nitrogens with one attached hydrogen (secondary N) is 1. The Labute approximate surface area is 173 Å². The first-order chi connectivity index (χ1) is 14.2. The van der Waals surface area contributed by atoms with E-state index >= 15 is 0 Å². The number of amides is 1. The fourth-order valence-electron chi connectivity index (χ4n) is 4.13. The first-order valence-electron chi connectivity index (χ1n) is 10.1. The molecule has 4 rings (SSSR count). The zero-order valence-electron chi connectivity index (χ0n) is 16.9. The van der Waals surface area contributed by atoms with Gasteiger partial charge in [-0.25, -0.2) is 13.2 Å². The summed E-state index contributed by atoms with van der Waals surface area (Å²) >= 11 is 0. The van der Waals surface area contributed by atoms with Crippen molar-refractivity contribution in [3.63, 3.8) is 0 Å². The van der Waals surface area contributed by atoms with Crippen LogP contribution in [0.5, 0.6) is 0 Å². The first kappa shape index (κ1) is 20.7. The summed E-state index contributed by atoms with van der Waals surface area (Å²) in [6, 6.07) is 3.20. The average Bonchev–Trinajstić information content (AvgIpc) is 3.02. The number of nitrogens with zero attached hydrogens (tertiary/aromatic N) is 2. The Morgan fingerprint density at radius 1 is 1.20 bits per heavy atom. The van der Waals surface area contributed by atoms with Gasteiger partial charge in [-0.05, 0) is 50.3 Å². The lowest BCUT2D eigenvalue weighted by Gasteiger charge is -2.34. The lowest BCUT2D eigenvalue weighted by molar-refractivity contribution is 0.0577. The van der Waals surface area contributed by atoms with Crippen molar-refractivity contribution in [2.75, 3.05) is 24.5 Å². The third-order valence-electron chi connectivity index (χ3n) is 5.97. The van der Waals surface area contributed by atoms with Crippen LogP contribution >= 0.6 is 0 Å². The number of nitrogens with two attached hydrogens (primary N) is 1. The lowest BCUT2D eigenvalue weighted by atomic mass is 9.82. The molecule has 8 heteroatoms. The smallest absolute Gasteiger partial charge is 0.255 e. The van der Waals surface area contributed by atoms with Gasteiger partial charge in [-0.1, -0.05) is 0 Å². The molecule has 1 amide bonds. The first-order valence-corrected chi connectivity index (χ1v) is 10.1. The standard InChI is InChI=1S/C22H25F3N4O/c1-21(26)5-6-29(13-21)19-17(14-7-15(23)9-16(24)8-14)10-27-11-18(19)20(30)28-12-22(25)3-2-4-22/h7-11H,2-6,12-13,26H2,1H3,(H,28,30)/t21-/m0/s1. The van der Waals surface area contributed by atoms with Gasteiger partial charge >= 0.3 is 0 Å². The van der Waals surface area contributed by atoms with Gasteiger partial charge in [-0.3, -0.25) is 9.78 Å². The number of halogens is 3. The van der Waals surface area contributed by atoms with Gasteiger partial charge in [-0.2, -0.15) is 0 Å². The van der Waals surface area contributed by atoms with Crippen LogP contribution in [0, 0.1) is 11.6 Å². The van der Waals surface area contributed by atoms with Crippen molar-refractivity contribution in [2.45, 2.75) is 43.8 Å². The van der Waals surface area contributed by atoms with Gasteiger partial charge in [0.25, 0.3) is 5.91 Å². The van der Waals surface area contributed by atoms with Crippen molar-refractivity contribution < 1.29 is 18.0 Å². The second-order valence-electron chi connectivity index (χ2n) is 8.75. The molecule has 1 atom stereocenters. The molecule has 1 aliphatic heterocycles. The van der Waals surface area contributed by atoms with Crippen molar-refractivity contribution in [2.24, 2.45) is 5.73 Å². The number of anilines is 1. The molecule has 1 saturated carbocycles. The highest BCUT2D eigenvalue weighted by Crippen LogP contribution is 2.38. The molecular weight excluding hydrogens is 393 g/mol. The molecule has 1 aliphatic carbocycles. The van der Waals surface area contributed by atoms with E-state index in [1.807, 2.05) is 11.8 Å². The van der Waals surface area contributed by atoms with Crippen LogP contribution in [0.1, 0.15) is 43.0 Å². The number of carbonyl (C=O) groups is 1. The minimum Gasteiger partial charge on any atom is -0.368 e. The molecule has 0 radical (unpaired) electrons. The van der Waals surface area contributed by atoms with Crippen LogP contribution in [-0.2, 0) is 0 Å². The van der Waals surface area contributed by atoms with Crippen molar-refractivity contribution >= 4 is 11.6 Å². The van der Waals surface area contributed by atoms with Crippen LogP contribution in [0.4, 0.5) is 18.9 Å². The predicted octanol–water partition coefficient (Wildman–Crippen LogP) is 3.58. The van der Waals surface area contributed by atoms with Crippen molar-refractivity contribution in [1.82, 2.24) is 10.3 Å². The van der Waals surface area contributed by atoms with Gasteiger partial charge in [0.2, 0.25) is 0 Å². The highest BCUT2D eigenvalue weighted by Gasteiger charge is 2.38. The molecule has 1 aromatic carbocycles. The van der Waals surface area contributed by atoms with Crippen LogP contribution in [-0.4, -0.2) is 41.7 Å². The highest BCUT2D eigenvalue weighted by molar-refractivity contribution is 6.03. The van der Waals surface area contributed by atoms with E-state index in [1.165, 1.54) is 24.5 Å². The number of alkyl halides is 1. The van der Waals surface area contributed by atoms with Crippen LogP contribution < -0.4 is 16.0 Å². The minimum atomic E-state index is -1.37. The summed E-state index contributed by atoms with van der Waals surface area (Å²) in [6.45, 7) is 2.89. The molecule has 2 fully saturated rings. The molecule has 1 aromatic heterocycles. The molecule has 2 aliphatic rings. The third-order valence-corrected chi connectivity index (χ3v) is 5.97. The SMILES string of the molecule is C[C@]1(N)CCN(c2c(C(=O)NCC3(F)CCC3)cncc2-c2cc(F)cc(F)c2)C1. The van der Waals surface area contributed by atoms with Crippen LogP contribution in [0.3, 0.4) is 0 Å². The summed E-state index contributed by atoms with van der Waals surface area (Å²) in [5.41, 5.74) is 5.90. The van der Waals surface area contributed by atoms with Gasteiger partial charge in [0.05, 0.1) is 17.8 Å². The molecule has 160 valence electrons. The summed E-state index contributed by atoms with van der Waals surface area (Å²) in [6.07, 6.45) is 5.25. The molecular formula is C22H25F3N4O. The summed E-state index contributed by atoms with van der Waals surface area (Å²) in [5, 5.41) is 2.67. The number of carbonyl (C=O) groups excluding carboxylic acids is 1. The Kier molecular flexibility index (Phi) is 5.22. The number of hydrogen-bond acceptors (Lipinski definition) is 4. The number of rotatable bonds is 5. The molecule has 0 bridgehead atoms. The molecule has 0 spiro atoms. The Hall–Kier alpha value is -2.61. The number of aromatic nitrogens is 1. The number of benzene rings is 1. The van der Waals surface area contributed by atoms with E-state index in [9.17, 15) is 18.0 Å². The predicted molar refractivity (Wildman–Crippen MR) is 109 cm³/mol. The quantitative estimate of drug-likeness (QED) is 0.779. The summed E-state index contributed by atoms with van der Waals surface area (Å²) in [7, 11) is 0. The zero-order chi connectivity index (χ0) is 21.5. The van der Waals surface area contributed by atoms with E-state index in [1.54, 1.807) is 0 Å². The maximum Gasteiger partial charge on any atom is 0.255 e. The summed E-state index contributed by atoms with van der Waals surface area (Å²) in [4.78, 5) is 19.0. The van der Waals surface area contributed by atoms with E-state index in [-0.39, 0.29) is 17.7 Å². The molecule has 5 nitrogen and oxygen atoms in total. The third kappa shape index (κ3) is 4.14. The van der Waals surface area contributed by atoms with Crippen molar-refractivity contribution in [3.05, 3.63) is 47.8 Å². The monoisotopic (exact) mass is 418 g/mol. The van der Waals surface area contributed by atoms with E-state index in [2.05, 4.69) is 10.3 Å². The van der Waals surface area contributed by atoms with Gasteiger partial charge in [0.1, 0.15) is 17.3 Å². The minimum absolute atomic E-state index is 0.0707. The molecule has 1 saturated heterocycles. The van der Waals surface area contributed by atoms with Gasteiger partial charge in [-0.15, -0.1) is 0 Å². The normalized spacial score (nSPS) is 22.6. The highest BCUT2D eigenvalue weighted by atomic mass is 19.1. The Morgan fingerprint density at radius 3 is 2.47 bits per heavy atom. The van der Waals surface area contributed by atoms with Crippen LogP contribution in [0.25, 0.3) is 11.1 Å². The van der Waals surface area contributed by atoms with E-state index in [4.69, 9.17) is 5.73 Å². The lowest BCUT2D eigenvalue weighted by Crippen LogP contribution is -2.44. The average molecular weight is 418 g/mol. The zero-order valence-corrected chi connectivity index (χ0v) is 16.9. The van der Waals surface area contributed by atoms with Crippen LogP contribution in [0.2, 0.25) is 0 Å². The van der Waals surface area contributed by atoms with Crippen molar-refractivity contribution in [1.29, 1.82) is 0 Å². The fraction of sp³-hybridized carbons (Fsp3) is 0.455. The fourth-order valence-corrected chi connectivity index (χ4v) is 4.13. The topological polar surface area (TPSA) is 71.2 Å².